The van der Waals surface area contributed by atoms with Gasteiger partial charge >= 0.3 is 11.9 Å². The molecule has 0 radical (unpaired) electrons. The highest BCUT2D eigenvalue weighted by atomic mass is 16.5. The Hall–Kier alpha value is -1.10. The van der Waals surface area contributed by atoms with Crippen molar-refractivity contribution in [1.82, 2.24) is 10.2 Å². The van der Waals surface area contributed by atoms with E-state index in [9.17, 15) is 9.59 Å². The average molecular weight is 242 g/mol. The maximum Gasteiger partial charge on any atom is 0.396 e. The van der Waals surface area contributed by atoms with Crippen LogP contribution in [-0.4, -0.2) is 49.6 Å². The average Bonchev–Trinajstić information content (AvgIpc) is 2.76. The monoisotopic (exact) mass is 242 g/mol. The Morgan fingerprint density at radius 2 is 1.88 bits per heavy atom. The molecule has 1 saturated carbocycles. The molecule has 1 aliphatic carbocycles. The number of hydrogen-bond donors (Lipinski definition) is 1. The fourth-order valence-corrected chi connectivity index (χ4v) is 2.33. The Morgan fingerprint density at radius 1 is 1.29 bits per heavy atom. The molecule has 98 valence electrons. The second-order valence-electron chi connectivity index (χ2n) is 4.73. The molecule has 0 bridgehead atoms. The molecule has 1 fully saturated rings. The van der Waals surface area contributed by atoms with E-state index in [1.54, 1.807) is 6.92 Å². The van der Waals surface area contributed by atoms with Crippen LogP contribution < -0.4 is 5.32 Å². The van der Waals surface area contributed by atoms with E-state index in [1.165, 1.54) is 12.8 Å². The number of esters is 1. The lowest BCUT2D eigenvalue weighted by molar-refractivity contribution is -0.154. The standard InChI is InChI=1S/C12H22N2O3/c1-4-17-11(16)10(15)13-9-12(14(2)3)7-5-6-8-12/h4-9H2,1-3H3,(H,13,15). The molecular weight excluding hydrogens is 220 g/mol. The molecule has 0 aromatic rings. The normalized spacial score (nSPS) is 18.1. The van der Waals surface area contributed by atoms with Gasteiger partial charge in [0.25, 0.3) is 0 Å². The van der Waals surface area contributed by atoms with Crippen LogP contribution in [0.15, 0.2) is 0 Å². The van der Waals surface area contributed by atoms with Crippen molar-refractivity contribution < 1.29 is 14.3 Å². The van der Waals surface area contributed by atoms with Crippen molar-refractivity contribution in [3.8, 4) is 0 Å². The summed E-state index contributed by atoms with van der Waals surface area (Å²) < 4.78 is 4.65. The Bertz CT molecular complexity index is 283. The van der Waals surface area contributed by atoms with Crippen molar-refractivity contribution in [1.29, 1.82) is 0 Å². The lowest BCUT2D eigenvalue weighted by atomic mass is 9.96. The summed E-state index contributed by atoms with van der Waals surface area (Å²) in [5.74, 6) is -1.43. The lowest BCUT2D eigenvalue weighted by Crippen LogP contribution is -2.52. The smallest absolute Gasteiger partial charge is 0.396 e. The first kappa shape index (κ1) is 14.0. The van der Waals surface area contributed by atoms with Crippen LogP contribution in [0.4, 0.5) is 0 Å². The minimum absolute atomic E-state index is 0.00214. The zero-order valence-electron chi connectivity index (χ0n) is 10.9. The van der Waals surface area contributed by atoms with Crippen LogP contribution in [0.1, 0.15) is 32.6 Å². The van der Waals surface area contributed by atoms with Crippen LogP contribution in [-0.2, 0) is 14.3 Å². The van der Waals surface area contributed by atoms with E-state index in [0.29, 0.717) is 6.54 Å². The summed E-state index contributed by atoms with van der Waals surface area (Å²) >= 11 is 0. The van der Waals surface area contributed by atoms with Crippen LogP contribution in [0.25, 0.3) is 0 Å². The Labute approximate surface area is 102 Å². The van der Waals surface area contributed by atoms with E-state index in [0.717, 1.165) is 12.8 Å². The molecule has 0 spiro atoms. The van der Waals surface area contributed by atoms with Gasteiger partial charge in [-0.15, -0.1) is 0 Å². The topological polar surface area (TPSA) is 58.6 Å². The highest BCUT2D eigenvalue weighted by molar-refractivity contribution is 6.32. The Morgan fingerprint density at radius 3 is 2.35 bits per heavy atom. The van der Waals surface area contributed by atoms with E-state index in [-0.39, 0.29) is 12.1 Å². The fraction of sp³-hybridized carbons (Fsp3) is 0.833. The second-order valence-corrected chi connectivity index (χ2v) is 4.73. The van der Waals surface area contributed by atoms with E-state index >= 15 is 0 Å². The number of likely N-dealkylation sites (N-methyl/N-ethyl adjacent to an activating group) is 1. The molecule has 1 amide bonds. The van der Waals surface area contributed by atoms with E-state index < -0.39 is 11.9 Å². The minimum Gasteiger partial charge on any atom is -0.459 e. The Balaban J connectivity index is 2.48. The van der Waals surface area contributed by atoms with Gasteiger partial charge in [0.05, 0.1) is 6.61 Å². The maximum absolute atomic E-state index is 11.5. The van der Waals surface area contributed by atoms with Crippen LogP contribution in [0.3, 0.4) is 0 Å². The summed E-state index contributed by atoms with van der Waals surface area (Å²) in [6.07, 6.45) is 4.47. The number of nitrogens with one attached hydrogen (secondary N) is 1. The summed E-state index contributed by atoms with van der Waals surface area (Å²) in [5, 5.41) is 2.68. The summed E-state index contributed by atoms with van der Waals surface area (Å²) in [4.78, 5) is 24.8. The van der Waals surface area contributed by atoms with Crippen molar-refractivity contribution >= 4 is 11.9 Å². The molecule has 1 rings (SSSR count). The Kier molecular flexibility index (Phi) is 4.93. The molecule has 5 heteroatoms. The van der Waals surface area contributed by atoms with Gasteiger partial charge in [-0.1, -0.05) is 12.8 Å². The quantitative estimate of drug-likeness (QED) is 0.577. The molecule has 0 aromatic heterocycles. The minimum atomic E-state index is -0.792. The summed E-state index contributed by atoms with van der Waals surface area (Å²) in [7, 11) is 4.03. The zero-order valence-corrected chi connectivity index (χ0v) is 10.9. The number of rotatable bonds is 4. The van der Waals surface area contributed by atoms with Crippen molar-refractivity contribution in [3.63, 3.8) is 0 Å². The van der Waals surface area contributed by atoms with Gasteiger partial charge in [0.2, 0.25) is 0 Å². The summed E-state index contributed by atoms with van der Waals surface area (Å²) in [6, 6.07) is 0. The second kappa shape index (κ2) is 6.00. The van der Waals surface area contributed by atoms with Gasteiger partial charge in [0, 0.05) is 12.1 Å². The predicted octanol–water partition coefficient (Wildman–Crippen LogP) is 0.540. The fourth-order valence-electron chi connectivity index (χ4n) is 2.33. The third kappa shape index (κ3) is 3.43. The SMILES string of the molecule is CCOC(=O)C(=O)NCC1(N(C)C)CCCC1. The number of carbonyl (C=O) groups excluding carboxylic acids is 2. The first-order valence-corrected chi connectivity index (χ1v) is 6.14. The van der Waals surface area contributed by atoms with Gasteiger partial charge in [-0.25, -0.2) is 4.79 Å². The van der Waals surface area contributed by atoms with Gasteiger partial charge in [0.15, 0.2) is 0 Å². The van der Waals surface area contributed by atoms with Crippen molar-refractivity contribution in [2.75, 3.05) is 27.2 Å². The lowest BCUT2D eigenvalue weighted by Gasteiger charge is -2.36. The zero-order chi connectivity index (χ0) is 12.9. The summed E-state index contributed by atoms with van der Waals surface area (Å²) in [6.45, 7) is 2.42. The molecular formula is C12H22N2O3. The van der Waals surface area contributed by atoms with Gasteiger partial charge in [-0.3, -0.25) is 4.79 Å². The van der Waals surface area contributed by atoms with Gasteiger partial charge in [-0.05, 0) is 33.9 Å². The van der Waals surface area contributed by atoms with E-state index in [2.05, 4.69) is 15.0 Å². The molecule has 0 heterocycles. The van der Waals surface area contributed by atoms with Gasteiger partial charge in [0.1, 0.15) is 0 Å². The number of ether oxygens (including phenoxy) is 1. The largest absolute Gasteiger partial charge is 0.459 e. The maximum atomic E-state index is 11.5. The molecule has 1 N–H and O–H groups in total. The highest BCUT2D eigenvalue weighted by Gasteiger charge is 2.36. The van der Waals surface area contributed by atoms with E-state index in [1.807, 2.05) is 14.1 Å². The van der Waals surface area contributed by atoms with Crippen LogP contribution in [0.2, 0.25) is 0 Å². The molecule has 0 aliphatic heterocycles. The first-order valence-electron chi connectivity index (χ1n) is 6.14. The number of hydrogen-bond acceptors (Lipinski definition) is 4. The molecule has 1 aliphatic rings. The molecule has 0 atom stereocenters. The number of carbonyl (C=O) groups is 2. The van der Waals surface area contributed by atoms with E-state index in [4.69, 9.17) is 0 Å². The van der Waals surface area contributed by atoms with Crippen molar-refractivity contribution in [2.45, 2.75) is 38.1 Å². The first-order chi connectivity index (χ1) is 8.02. The van der Waals surface area contributed by atoms with Crippen LogP contribution in [0.5, 0.6) is 0 Å². The van der Waals surface area contributed by atoms with Crippen molar-refractivity contribution in [3.05, 3.63) is 0 Å². The molecule has 17 heavy (non-hydrogen) atoms. The molecule has 0 saturated heterocycles. The molecule has 0 unspecified atom stereocenters. The van der Waals surface area contributed by atoms with Crippen LogP contribution >= 0.6 is 0 Å². The highest BCUT2D eigenvalue weighted by Crippen LogP contribution is 2.32. The third-order valence-electron chi connectivity index (χ3n) is 3.52. The van der Waals surface area contributed by atoms with Crippen molar-refractivity contribution in [2.24, 2.45) is 0 Å². The third-order valence-corrected chi connectivity index (χ3v) is 3.52. The van der Waals surface area contributed by atoms with Gasteiger partial charge in [-0.2, -0.15) is 0 Å². The number of nitrogens with zero attached hydrogens (tertiary/aromatic N) is 1. The molecule has 5 nitrogen and oxygen atoms in total. The number of amides is 1. The van der Waals surface area contributed by atoms with Gasteiger partial charge < -0.3 is 15.0 Å². The summed E-state index contributed by atoms with van der Waals surface area (Å²) in [5.41, 5.74) is 0.00214. The molecule has 0 aromatic carbocycles. The van der Waals surface area contributed by atoms with Crippen LogP contribution in [0, 0.1) is 0 Å². The predicted molar refractivity (Wildman–Crippen MR) is 64.5 cm³/mol.